The molecule has 1 N–H and O–H groups in total. The minimum atomic E-state index is -0.150. The number of nitrogens with one attached hydrogen (secondary N) is 1. The van der Waals surface area contributed by atoms with Crippen molar-refractivity contribution in [3.8, 4) is 0 Å². The maximum absolute atomic E-state index is 13.2. The summed E-state index contributed by atoms with van der Waals surface area (Å²) in [5.74, 6) is 5.03. The molecule has 1 aliphatic heterocycles. The van der Waals surface area contributed by atoms with E-state index in [1.54, 1.807) is 5.57 Å². The fraction of sp³-hybridized carbons (Fsp3) is 0.812. The fourth-order valence-electron chi connectivity index (χ4n) is 10.3. The molecule has 1 aromatic heterocycles. The van der Waals surface area contributed by atoms with E-state index in [0.717, 1.165) is 31.3 Å². The number of unbranched alkanes of at least 4 members (excludes halogenated alkanes) is 1. The third-order valence-corrected chi connectivity index (χ3v) is 11.8. The molecule has 5 heteroatoms. The van der Waals surface area contributed by atoms with Gasteiger partial charge in [-0.3, -0.25) is 4.90 Å². The lowest BCUT2D eigenvalue weighted by atomic mass is 9.50. The van der Waals surface area contributed by atoms with Crippen LogP contribution in [0.1, 0.15) is 84.9 Å². The molecule has 2 heterocycles. The van der Waals surface area contributed by atoms with E-state index in [1.165, 1.54) is 51.2 Å². The molecule has 4 aliphatic carbocycles. The second-order valence-electron chi connectivity index (χ2n) is 14.0. The standard InChI is InChI=1S/C32H49N3O2/c1-6-7-8-22-13-28(37-27(22)17-35(5)18-29-33-11-12-34-29)32-16-25-21(4)9-10-26(25)31(19-36)15-23(32)14-24(20(2)3)30(31)32/h11-12,14,19-23,25-28,30H,6-10,13,15-18H2,1-5H3,(H,33,34)/t21-,22?,23?,25-,26-,27?,28?,30?,31?,32?/m1/s1. The van der Waals surface area contributed by atoms with Crippen molar-refractivity contribution >= 4 is 6.29 Å². The Bertz CT molecular complexity index is 1000. The molecule has 1 aromatic rings. The third kappa shape index (κ3) is 3.84. The highest BCUT2D eigenvalue weighted by atomic mass is 16.5. The van der Waals surface area contributed by atoms with Crippen molar-refractivity contribution in [3.05, 3.63) is 29.9 Å². The number of aromatic amines is 1. The highest BCUT2D eigenvalue weighted by Crippen LogP contribution is 2.78. The Kier molecular flexibility index (Phi) is 6.71. The number of H-pyrrole nitrogens is 1. The molecule has 204 valence electrons. The molecule has 6 rings (SSSR count). The minimum Gasteiger partial charge on any atom is -0.373 e. The Hall–Kier alpha value is -1.46. The zero-order valence-electron chi connectivity index (χ0n) is 23.8. The molecule has 10 atom stereocenters. The Labute approximate surface area is 224 Å². The van der Waals surface area contributed by atoms with Gasteiger partial charge in [0, 0.05) is 35.7 Å². The average molecular weight is 508 g/mol. The number of fused-ring (bicyclic) bond motifs is 2. The zero-order valence-corrected chi connectivity index (χ0v) is 23.8. The maximum atomic E-state index is 13.2. The van der Waals surface area contributed by atoms with Crippen LogP contribution in [0.2, 0.25) is 0 Å². The average Bonchev–Trinajstić information content (AvgIpc) is 3.68. The van der Waals surface area contributed by atoms with Gasteiger partial charge in [0.05, 0.1) is 18.8 Å². The summed E-state index contributed by atoms with van der Waals surface area (Å²) in [5.41, 5.74) is 1.57. The van der Waals surface area contributed by atoms with Gasteiger partial charge >= 0.3 is 0 Å². The largest absolute Gasteiger partial charge is 0.373 e. The molecule has 0 aromatic carbocycles. The second kappa shape index (κ2) is 9.62. The van der Waals surface area contributed by atoms with Gasteiger partial charge in [-0.15, -0.1) is 0 Å². The predicted octanol–water partition coefficient (Wildman–Crippen LogP) is 6.28. The van der Waals surface area contributed by atoms with Crippen molar-refractivity contribution in [2.24, 2.45) is 52.3 Å². The predicted molar refractivity (Wildman–Crippen MR) is 147 cm³/mol. The number of nitrogens with zero attached hydrogens (tertiary/aromatic N) is 2. The van der Waals surface area contributed by atoms with Crippen LogP contribution in [0.3, 0.4) is 0 Å². The fourth-order valence-corrected chi connectivity index (χ4v) is 10.3. The maximum Gasteiger partial charge on any atom is 0.127 e. The van der Waals surface area contributed by atoms with E-state index in [0.29, 0.717) is 35.5 Å². The molecule has 7 unspecified atom stereocenters. The monoisotopic (exact) mass is 507 g/mol. The van der Waals surface area contributed by atoms with E-state index in [4.69, 9.17) is 4.74 Å². The van der Waals surface area contributed by atoms with Crippen LogP contribution in [0.4, 0.5) is 0 Å². The molecule has 1 saturated heterocycles. The first-order valence-corrected chi connectivity index (χ1v) is 15.3. The van der Waals surface area contributed by atoms with E-state index in [2.05, 4.69) is 55.7 Å². The quantitative estimate of drug-likeness (QED) is 0.299. The molecule has 5 nitrogen and oxygen atoms in total. The van der Waals surface area contributed by atoms with Crippen LogP contribution in [0.15, 0.2) is 24.0 Å². The van der Waals surface area contributed by atoms with Crippen LogP contribution < -0.4 is 0 Å². The Morgan fingerprint density at radius 1 is 1.30 bits per heavy atom. The van der Waals surface area contributed by atoms with Crippen molar-refractivity contribution in [2.45, 2.75) is 97.8 Å². The molecule has 0 radical (unpaired) electrons. The number of likely N-dealkylation sites (N-methyl/N-ethyl adjacent to an activating group) is 1. The first-order valence-electron chi connectivity index (χ1n) is 15.3. The molecular formula is C32H49N3O2. The van der Waals surface area contributed by atoms with Gasteiger partial charge in [-0.05, 0) is 74.7 Å². The number of carbonyl (C=O) groups excluding carboxylic acids is 1. The molecule has 4 bridgehead atoms. The topological polar surface area (TPSA) is 58.2 Å². The summed E-state index contributed by atoms with van der Waals surface area (Å²) in [6.07, 6.45) is 18.2. The van der Waals surface area contributed by atoms with Gasteiger partial charge in [-0.2, -0.15) is 0 Å². The number of aromatic nitrogens is 2. The number of allylic oxidation sites excluding steroid dienone is 2. The number of carbonyl (C=O) groups is 1. The SMILES string of the molecule is CCCCC1CC(C23C[C@@H]4[C@H](C)CC[C@H]4C4(C=O)CC2C=C(C(C)C)C34)OC1CN(C)Cc1ncc[nH]1. The van der Waals surface area contributed by atoms with Crippen molar-refractivity contribution < 1.29 is 9.53 Å². The van der Waals surface area contributed by atoms with Crippen LogP contribution in [0.25, 0.3) is 0 Å². The first-order chi connectivity index (χ1) is 17.8. The van der Waals surface area contributed by atoms with Gasteiger partial charge in [0.2, 0.25) is 0 Å². The van der Waals surface area contributed by atoms with E-state index in [-0.39, 0.29) is 23.0 Å². The number of ether oxygens (including phenoxy) is 1. The van der Waals surface area contributed by atoms with Crippen molar-refractivity contribution in [3.63, 3.8) is 0 Å². The summed E-state index contributed by atoms with van der Waals surface area (Å²) in [7, 11) is 2.20. The number of aldehydes is 1. The lowest BCUT2D eigenvalue weighted by Crippen LogP contribution is -2.54. The van der Waals surface area contributed by atoms with E-state index in [1.807, 2.05) is 12.4 Å². The molecular weight excluding hydrogens is 458 g/mol. The normalized spacial score (nSPS) is 44.1. The highest BCUT2D eigenvalue weighted by Gasteiger charge is 2.76. The Balaban J connectivity index is 1.32. The van der Waals surface area contributed by atoms with E-state index >= 15 is 0 Å². The van der Waals surface area contributed by atoms with Gasteiger partial charge in [-0.25, -0.2) is 4.98 Å². The Morgan fingerprint density at radius 2 is 2.14 bits per heavy atom. The number of hydrogen-bond acceptors (Lipinski definition) is 4. The zero-order chi connectivity index (χ0) is 25.9. The third-order valence-electron chi connectivity index (χ3n) is 11.8. The highest BCUT2D eigenvalue weighted by molar-refractivity contribution is 5.66. The van der Waals surface area contributed by atoms with E-state index < -0.39 is 0 Å². The van der Waals surface area contributed by atoms with Crippen LogP contribution in [-0.2, 0) is 16.1 Å². The number of rotatable bonds is 10. The van der Waals surface area contributed by atoms with Gasteiger partial charge in [0.1, 0.15) is 12.1 Å². The molecule has 5 aliphatic rings. The summed E-state index contributed by atoms with van der Waals surface area (Å²) in [4.78, 5) is 23.3. The van der Waals surface area contributed by atoms with Crippen LogP contribution in [0, 0.1) is 52.3 Å². The van der Waals surface area contributed by atoms with Crippen LogP contribution >= 0.6 is 0 Å². The van der Waals surface area contributed by atoms with Gasteiger partial charge < -0.3 is 14.5 Å². The Morgan fingerprint density at radius 3 is 2.84 bits per heavy atom. The van der Waals surface area contributed by atoms with Crippen LogP contribution in [0.5, 0.6) is 0 Å². The van der Waals surface area contributed by atoms with Crippen molar-refractivity contribution in [2.75, 3.05) is 13.6 Å². The summed E-state index contributed by atoms with van der Waals surface area (Å²) in [6, 6.07) is 0. The lowest BCUT2D eigenvalue weighted by Gasteiger charge is -2.54. The van der Waals surface area contributed by atoms with Crippen molar-refractivity contribution in [1.29, 1.82) is 0 Å². The summed E-state index contributed by atoms with van der Waals surface area (Å²) < 4.78 is 7.28. The first kappa shape index (κ1) is 25.8. The molecule has 37 heavy (non-hydrogen) atoms. The van der Waals surface area contributed by atoms with Gasteiger partial charge in [0.15, 0.2) is 0 Å². The minimum absolute atomic E-state index is 0.124. The molecule has 3 saturated carbocycles. The van der Waals surface area contributed by atoms with Crippen molar-refractivity contribution in [1.82, 2.24) is 14.9 Å². The second-order valence-corrected chi connectivity index (χ2v) is 14.0. The molecule has 0 amide bonds. The number of imidazole rings is 1. The van der Waals surface area contributed by atoms with E-state index in [9.17, 15) is 4.79 Å². The van der Waals surface area contributed by atoms with Crippen LogP contribution in [-0.4, -0.2) is 47.0 Å². The van der Waals surface area contributed by atoms with Gasteiger partial charge in [-0.1, -0.05) is 58.6 Å². The summed E-state index contributed by atoms with van der Waals surface area (Å²) in [6.45, 7) is 11.3. The number of hydrogen-bond donors (Lipinski definition) is 1. The van der Waals surface area contributed by atoms with Gasteiger partial charge in [0.25, 0.3) is 0 Å². The lowest BCUT2D eigenvalue weighted by molar-refractivity contribution is -0.140. The summed E-state index contributed by atoms with van der Waals surface area (Å²) in [5, 5.41) is 0. The molecule has 0 spiro atoms. The summed E-state index contributed by atoms with van der Waals surface area (Å²) >= 11 is 0. The molecule has 4 fully saturated rings. The smallest absolute Gasteiger partial charge is 0.127 e.